The summed E-state index contributed by atoms with van der Waals surface area (Å²) in [7, 11) is 1.65. The monoisotopic (exact) mass is 266 g/mol. The minimum Gasteiger partial charge on any atom is -0.495 e. The van der Waals surface area contributed by atoms with Gasteiger partial charge in [-0.3, -0.25) is 4.90 Å². The predicted molar refractivity (Wildman–Crippen MR) is 74.6 cm³/mol. The van der Waals surface area contributed by atoms with Gasteiger partial charge in [0.1, 0.15) is 5.75 Å². The van der Waals surface area contributed by atoms with Crippen molar-refractivity contribution in [3.05, 3.63) is 23.2 Å². The van der Waals surface area contributed by atoms with Crippen molar-refractivity contribution in [2.45, 2.75) is 31.3 Å². The van der Waals surface area contributed by atoms with Gasteiger partial charge in [-0.2, -0.15) is 0 Å². The van der Waals surface area contributed by atoms with Crippen LogP contribution in [-0.2, 0) is 0 Å². The Bertz CT molecular complexity index is 434. The normalized spacial score (nSPS) is 24.2. The summed E-state index contributed by atoms with van der Waals surface area (Å²) < 4.78 is 5.24. The van der Waals surface area contributed by atoms with Gasteiger partial charge in [0.15, 0.2) is 0 Å². The van der Waals surface area contributed by atoms with Crippen molar-refractivity contribution >= 4 is 17.3 Å². The van der Waals surface area contributed by atoms with Crippen molar-refractivity contribution in [2.75, 3.05) is 25.5 Å². The van der Waals surface area contributed by atoms with E-state index in [4.69, 9.17) is 16.3 Å². The third kappa shape index (κ3) is 2.57. The molecule has 18 heavy (non-hydrogen) atoms. The lowest BCUT2D eigenvalue weighted by Gasteiger charge is -2.17. The number of methoxy groups -OCH3 is 1. The Hall–Kier alpha value is -0.930. The summed E-state index contributed by atoms with van der Waals surface area (Å²) >= 11 is 6.02. The number of hydrogen-bond acceptors (Lipinski definition) is 3. The summed E-state index contributed by atoms with van der Waals surface area (Å²) in [5, 5.41) is 4.24. The SMILES string of the molecule is COc1cc(NC2CCN(C3CC3)C2)ccc1Cl. The highest BCUT2D eigenvalue weighted by Crippen LogP contribution is 2.32. The molecule has 1 unspecified atom stereocenters. The first-order valence-corrected chi connectivity index (χ1v) is 6.98. The summed E-state index contributed by atoms with van der Waals surface area (Å²) in [5.41, 5.74) is 1.10. The number of nitrogens with one attached hydrogen (secondary N) is 1. The molecule has 2 fully saturated rings. The number of halogens is 1. The minimum absolute atomic E-state index is 0.552. The maximum Gasteiger partial charge on any atom is 0.139 e. The van der Waals surface area contributed by atoms with Crippen LogP contribution in [0.2, 0.25) is 5.02 Å². The van der Waals surface area contributed by atoms with E-state index >= 15 is 0 Å². The molecule has 98 valence electrons. The number of hydrogen-bond donors (Lipinski definition) is 1. The molecule has 1 aliphatic heterocycles. The van der Waals surface area contributed by atoms with Crippen LogP contribution in [0.15, 0.2) is 18.2 Å². The molecule has 0 radical (unpaired) electrons. The highest BCUT2D eigenvalue weighted by atomic mass is 35.5. The molecule has 1 heterocycles. The zero-order valence-electron chi connectivity index (χ0n) is 10.7. The molecule has 1 saturated heterocycles. The molecular weight excluding hydrogens is 248 g/mol. The number of rotatable bonds is 4. The Morgan fingerprint density at radius 3 is 2.89 bits per heavy atom. The van der Waals surface area contributed by atoms with E-state index in [0.29, 0.717) is 11.1 Å². The minimum atomic E-state index is 0.552. The lowest BCUT2D eigenvalue weighted by atomic mass is 10.2. The standard InChI is InChI=1S/C14H19ClN2O/c1-18-14-8-10(2-5-13(14)15)16-11-6-7-17(9-11)12-3-4-12/h2,5,8,11-12,16H,3-4,6-7,9H2,1H3. The lowest BCUT2D eigenvalue weighted by Crippen LogP contribution is -2.27. The fraction of sp³-hybridized carbons (Fsp3) is 0.571. The molecule has 3 nitrogen and oxygen atoms in total. The number of likely N-dealkylation sites (tertiary alicyclic amines) is 1. The Labute approximate surface area is 113 Å². The molecule has 4 heteroatoms. The molecule has 0 bridgehead atoms. The smallest absolute Gasteiger partial charge is 0.139 e. The number of anilines is 1. The van der Waals surface area contributed by atoms with Gasteiger partial charge in [-0.25, -0.2) is 0 Å². The second-order valence-corrected chi connectivity index (χ2v) is 5.61. The van der Waals surface area contributed by atoms with Crippen molar-refractivity contribution in [3.8, 4) is 5.75 Å². The molecule has 1 N–H and O–H groups in total. The van der Waals surface area contributed by atoms with Crippen LogP contribution in [-0.4, -0.2) is 37.2 Å². The van der Waals surface area contributed by atoms with Crippen LogP contribution in [0.5, 0.6) is 5.75 Å². The predicted octanol–water partition coefficient (Wildman–Crippen LogP) is 3.00. The van der Waals surface area contributed by atoms with Gasteiger partial charge in [0.05, 0.1) is 12.1 Å². The quantitative estimate of drug-likeness (QED) is 0.907. The fourth-order valence-corrected chi connectivity index (χ4v) is 2.86. The molecule has 3 rings (SSSR count). The van der Waals surface area contributed by atoms with Gasteiger partial charge in [0.25, 0.3) is 0 Å². The lowest BCUT2D eigenvalue weighted by molar-refractivity contribution is 0.326. The van der Waals surface area contributed by atoms with Crippen LogP contribution in [0.4, 0.5) is 5.69 Å². The first kappa shape index (κ1) is 12.1. The third-order valence-corrected chi connectivity index (χ3v) is 4.12. The topological polar surface area (TPSA) is 24.5 Å². The largest absolute Gasteiger partial charge is 0.495 e. The second-order valence-electron chi connectivity index (χ2n) is 5.21. The van der Waals surface area contributed by atoms with Crippen molar-refractivity contribution < 1.29 is 4.74 Å². The summed E-state index contributed by atoms with van der Waals surface area (Å²) in [6.07, 6.45) is 4.00. The summed E-state index contributed by atoms with van der Waals surface area (Å²) in [6, 6.07) is 7.30. The van der Waals surface area contributed by atoms with Gasteiger partial charge in [-0.1, -0.05) is 11.6 Å². The van der Waals surface area contributed by atoms with Crippen LogP contribution >= 0.6 is 11.6 Å². The van der Waals surface area contributed by atoms with E-state index in [1.165, 1.54) is 25.8 Å². The van der Waals surface area contributed by atoms with E-state index in [9.17, 15) is 0 Å². The molecule has 2 aliphatic rings. The fourth-order valence-electron chi connectivity index (χ4n) is 2.66. The average Bonchev–Trinajstić information content (AvgIpc) is 3.13. The summed E-state index contributed by atoms with van der Waals surface area (Å²) in [6.45, 7) is 2.39. The Morgan fingerprint density at radius 1 is 1.33 bits per heavy atom. The zero-order valence-corrected chi connectivity index (χ0v) is 11.4. The molecule has 1 atom stereocenters. The molecule has 0 spiro atoms. The van der Waals surface area contributed by atoms with Crippen molar-refractivity contribution in [1.29, 1.82) is 0 Å². The van der Waals surface area contributed by atoms with Gasteiger partial charge >= 0.3 is 0 Å². The average molecular weight is 267 g/mol. The van der Waals surface area contributed by atoms with Crippen molar-refractivity contribution in [2.24, 2.45) is 0 Å². The number of benzene rings is 1. The van der Waals surface area contributed by atoms with Crippen molar-refractivity contribution in [1.82, 2.24) is 4.90 Å². The van der Waals surface area contributed by atoms with Gasteiger partial charge < -0.3 is 10.1 Å². The maximum absolute atomic E-state index is 6.02. The van der Waals surface area contributed by atoms with E-state index in [0.717, 1.165) is 24.0 Å². The van der Waals surface area contributed by atoms with Gasteiger partial charge in [0, 0.05) is 36.9 Å². The Balaban J connectivity index is 1.62. The highest BCUT2D eigenvalue weighted by Gasteiger charge is 2.34. The molecule has 1 saturated carbocycles. The van der Waals surface area contributed by atoms with Gasteiger partial charge in [-0.05, 0) is 31.4 Å². The Morgan fingerprint density at radius 2 is 2.17 bits per heavy atom. The van der Waals surface area contributed by atoms with Crippen LogP contribution in [0.25, 0.3) is 0 Å². The van der Waals surface area contributed by atoms with E-state index in [-0.39, 0.29) is 0 Å². The van der Waals surface area contributed by atoms with Crippen molar-refractivity contribution in [3.63, 3.8) is 0 Å². The van der Waals surface area contributed by atoms with E-state index in [1.807, 2.05) is 18.2 Å². The molecule has 1 aromatic rings. The molecule has 0 aromatic heterocycles. The van der Waals surface area contributed by atoms with Gasteiger partial charge in [0.2, 0.25) is 0 Å². The first-order valence-electron chi connectivity index (χ1n) is 6.60. The summed E-state index contributed by atoms with van der Waals surface area (Å²) in [5.74, 6) is 0.735. The molecular formula is C14H19ClN2O. The van der Waals surface area contributed by atoms with E-state index < -0.39 is 0 Å². The maximum atomic E-state index is 6.02. The molecule has 1 aliphatic carbocycles. The van der Waals surface area contributed by atoms with Gasteiger partial charge in [-0.15, -0.1) is 0 Å². The second kappa shape index (κ2) is 4.98. The summed E-state index contributed by atoms with van der Waals surface area (Å²) in [4.78, 5) is 2.60. The first-order chi connectivity index (χ1) is 8.76. The Kier molecular flexibility index (Phi) is 3.35. The highest BCUT2D eigenvalue weighted by molar-refractivity contribution is 6.32. The van der Waals surface area contributed by atoms with E-state index in [2.05, 4.69) is 10.2 Å². The van der Waals surface area contributed by atoms with Crippen LogP contribution < -0.4 is 10.1 Å². The van der Waals surface area contributed by atoms with E-state index in [1.54, 1.807) is 7.11 Å². The zero-order chi connectivity index (χ0) is 12.5. The van der Waals surface area contributed by atoms with Crippen LogP contribution in [0, 0.1) is 0 Å². The van der Waals surface area contributed by atoms with Crippen LogP contribution in [0.1, 0.15) is 19.3 Å². The molecule has 1 aromatic carbocycles. The van der Waals surface area contributed by atoms with Crippen LogP contribution in [0.3, 0.4) is 0 Å². The molecule has 0 amide bonds. The third-order valence-electron chi connectivity index (χ3n) is 3.80. The number of nitrogens with zero attached hydrogens (tertiary/aromatic N) is 1. The number of ether oxygens (including phenoxy) is 1.